The largest absolute Gasteiger partial charge is 0.456 e. The van der Waals surface area contributed by atoms with Gasteiger partial charge in [0, 0.05) is 28.3 Å². The molecule has 0 fully saturated rings. The van der Waals surface area contributed by atoms with Gasteiger partial charge in [-0.25, -0.2) is 8.96 Å². The van der Waals surface area contributed by atoms with Gasteiger partial charge in [0.05, 0.1) is 10.8 Å². The lowest BCUT2D eigenvalue weighted by molar-refractivity contribution is -0.644. The van der Waals surface area contributed by atoms with Gasteiger partial charge in [-0.05, 0) is 47.5 Å². The van der Waals surface area contributed by atoms with Crippen molar-refractivity contribution in [1.29, 1.82) is 0 Å². The number of aromatic nitrogens is 1. The van der Waals surface area contributed by atoms with E-state index in [0.717, 1.165) is 27.3 Å². The fourth-order valence-electron chi connectivity index (χ4n) is 4.72. The Balaban J connectivity index is 1.99. The molecule has 0 aliphatic heterocycles. The summed E-state index contributed by atoms with van der Waals surface area (Å²) in [6.45, 7) is 2.14. The van der Waals surface area contributed by atoms with Gasteiger partial charge in [-0.2, -0.15) is 0 Å². The van der Waals surface area contributed by atoms with Crippen LogP contribution in [0.15, 0.2) is 71.3 Å². The second-order valence-corrected chi connectivity index (χ2v) is 7.47. The standard InChI is InChI=1S/C25H17FNO/c1-14-23-19-10-9-15(26)12-21(19)28-22(23)13-20-17-7-4-3-6-16(17)18-8-5-11-27(2)25(18)24(14)20/h3-13H,1-2H3/q+1. The summed E-state index contributed by atoms with van der Waals surface area (Å²) in [6.07, 6.45) is 2.09. The number of pyridine rings is 1. The Morgan fingerprint density at radius 3 is 2.32 bits per heavy atom. The molecule has 2 nitrogen and oxygen atoms in total. The topological polar surface area (TPSA) is 17.0 Å². The molecule has 28 heavy (non-hydrogen) atoms. The van der Waals surface area contributed by atoms with Crippen LogP contribution in [0.25, 0.3) is 54.4 Å². The van der Waals surface area contributed by atoms with Crippen LogP contribution in [0.5, 0.6) is 0 Å². The van der Waals surface area contributed by atoms with Crippen LogP contribution in [0, 0.1) is 12.7 Å². The Hall–Kier alpha value is -3.46. The first-order chi connectivity index (χ1) is 13.6. The van der Waals surface area contributed by atoms with Crippen molar-refractivity contribution in [3.05, 3.63) is 78.2 Å². The molecule has 0 spiro atoms. The minimum Gasteiger partial charge on any atom is -0.456 e. The lowest BCUT2D eigenvalue weighted by Crippen LogP contribution is -2.28. The molecule has 4 aromatic carbocycles. The molecule has 2 heterocycles. The molecular weight excluding hydrogens is 349 g/mol. The van der Waals surface area contributed by atoms with Crippen molar-refractivity contribution in [2.75, 3.05) is 0 Å². The van der Waals surface area contributed by atoms with Crippen LogP contribution in [-0.4, -0.2) is 0 Å². The second kappa shape index (κ2) is 5.29. The summed E-state index contributed by atoms with van der Waals surface area (Å²) in [5, 5.41) is 8.05. The Bertz CT molecular complexity index is 1590. The zero-order valence-corrected chi connectivity index (χ0v) is 15.6. The van der Waals surface area contributed by atoms with Crippen molar-refractivity contribution >= 4 is 54.4 Å². The van der Waals surface area contributed by atoms with Gasteiger partial charge in [0.15, 0.2) is 6.20 Å². The zero-order chi connectivity index (χ0) is 19.0. The molecule has 0 atom stereocenters. The van der Waals surface area contributed by atoms with Gasteiger partial charge < -0.3 is 4.42 Å². The summed E-state index contributed by atoms with van der Waals surface area (Å²) in [5.41, 5.74) is 3.75. The van der Waals surface area contributed by atoms with Crippen LogP contribution >= 0.6 is 0 Å². The minimum absolute atomic E-state index is 0.281. The Kier molecular flexibility index (Phi) is 2.95. The maximum atomic E-state index is 13.8. The summed E-state index contributed by atoms with van der Waals surface area (Å²) in [6, 6.07) is 19.7. The SMILES string of the molecule is Cc1c2c(cc3c4ccccc4c4ccc[n+](C)c4c13)oc1cc(F)ccc12. The highest BCUT2D eigenvalue weighted by Crippen LogP contribution is 2.41. The molecule has 0 saturated heterocycles. The summed E-state index contributed by atoms with van der Waals surface area (Å²) in [7, 11) is 2.09. The number of aryl methyl sites for hydroxylation is 2. The molecule has 0 bridgehead atoms. The third kappa shape index (κ3) is 1.88. The molecule has 0 N–H and O–H groups in total. The molecule has 3 heteroatoms. The molecule has 0 aliphatic carbocycles. The molecule has 0 amide bonds. The van der Waals surface area contributed by atoms with Crippen LogP contribution in [0.4, 0.5) is 4.39 Å². The van der Waals surface area contributed by atoms with Crippen molar-refractivity contribution in [3.8, 4) is 0 Å². The van der Waals surface area contributed by atoms with E-state index in [1.54, 1.807) is 0 Å². The third-order valence-corrected chi connectivity index (χ3v) is 5.90. The smallest absolute Gasteiger partial charge is 0.221 e. The van der Waals surface area contributed by atoms with E-state index in [0.29, 0.717) is 5.58 Å². The van der Waals surface area contributed by atoms with E-state index in [-0.39, 0.29) is 5.82 Å². The van der Waals surface area contributed by atoms with Crippen molar-refractivity contribution < 1.29 is 13.4 Å². The average molecular weight is 366 g/mol. The summed E-state index contributed by atoms with van der Waals surface area (Å²) in [4.78, 5) is 0. The van der Waals surface area contributed by atoms with E-state index in [1.165, 1.54) is 39.2 Å². The normalized spacial score (nSPS) is 12.1. The molecule has 0 aliphatic rings. The fraction of sp³-hybridized carbons (Fsp3) is 0.0800. The van der Waals surface area contributed by atoms with Crippen LogP contribution in [0.1, 0.15) is 5.56 Å². The van der Waals surface area contributed by atoms with Gasteiger partial charge in [0.25, 0.3) is 0 Å². The zero-order valence-electron chi connectivity index (χ0n) is 15.6. The second-order valence-electron chi connectivity index (χ2n) is 7.47. The molecule has 0 unspecified atom stereocenters. The molecular formula is C25H17FNO+. The minimum atomic E-state index is -0.281. The van der Waals surface area contributed by atoms with Crippen LogP contribution in [0.2, 0.25) is 0 Å². The van der Waals surface area contributed by atoms with Gasteiger partial charge >= 0.3 is 0 Å². The van der Waals surface area contributed by atoms with Crippen molar-refractivity contribution in [2.24, 2.45) is 7.05 Å². The Morgan fingerprint density at radius 2 is 1.50 bits per heavy atom. The average Bonchev–Trinajstić information content (AvgIpc) is 3.06. The van der Waals surface area contributed by atoms with E-state index >= 15 is 0 Å². The maximum Gasteiger partial charge on any atom is 0.221 e. The van der Waals surface area contributed by atoms with Crippen LogP contribution in [0.3, 0.4) is 0 Å². The highest BCUT2D eigenvalue weighted by Gasteiger charge is 2.21. The first-order valence-corrected chi connectivity index (χ1v) is 9.37. The molecule has 6 aromatic rings. The number of fused-ring (bicyclic) bond motifs is 9. The first kappa shape index (κ1) is 15.6. The van der Waals surface area contributed by atoms with Gasteiger partial charge in [-0.1, -0.05) is 24.3 Å². The maximum absolute atomic E-state index is 13.8. The lowest BCUT2D eigenvalue weighted by atomic mass is 9.92. The highest BCUT2D eigenvalue weighted by molar-refractivity contribution is 6.28. The number of rotatable bonds is 0. The molecule has 6 rings (SSSR count). The number of halogens is 1. The molecule has 0 saturated carbocycles. The van der Waals surface area contributed by atoms with Crippen LogP contribution in [-0.2, 0) is 7.05 Å². The van der Waals surface area contributed by atoms with Crippen molar-refractivity contribution in [3.63, 3.8) is 0 Å². The third-order valence-electron chi connectivity index (χ3n) is 5.90. The van der Waals surface area contributed by atoms with E-state index in [9.17, 15) is 4.39 Å². The molecule has 0 radical (unpaired) electrons. The fourth-order valence-corrected chi connectivity index (χ4v) is 4.72. The van der Waals surface area contributed by atoms with E-state index in [4.69, 9.17) is 4.42 Å². The van der Waals surface area contributed by atoms with Gasteiger partial charge in [-0.15, -0.1) is 0 Å². The van der Waals surface area contributed by atoms with Gasteiger partial charge in [0.2, 0.25) is 5.52 Å². The van der Waals surface area contributed by atoms with Crippen molar-refractivity contribution in [2.45, 2.75) is 6.92 Å². The van der Waals surface area contributed by atoms with Gasteiger partial charge in [-0.3, -0.25) is 0 Å². The monoisotopic (exact) mass is 366 g/mol. The first-order valence-electron chi connectivity index (χ1n) is 9.37. The Morgan fingerprint density at radius 1 is 0.750 bits per heavy atom. The van der Waals surface area contributed by atoms with E-state index < -0.39 is 0 Å². The number of hydrogen-bond acceptors (Lipinski definition) is 1. The molecule has 134 valence electrons. The number of benzene rings is 4. The summed E-state index contributed by atoms with van der Waals surface area (Å²) >= 11 is 0. The van der Waals surface area contributed by atoms with E-state index in [1.807, 2.05) is 6.07 Å². The quantitative estimate of drug-likeness (QED) is 0.227. The van der Waals surface area contributed by atoms with Crippen LogP contribution < -0.4 is 4.57 Å². The summed E-state index contributed by atoms with van der Waals surface area (Å²) in [5.74, 6) is -0.281. The summed E-state index contributed by atoms with van der Waals surface area (Å²) < 4.78 is 22.0. The van der Waals surface area contributed by atoms with E-state index in [2.05, 4.69) is 67.2 Å². The predicted molar refractivity (Wildman–Crippen MR) is 112 cm³/mol. The van der Waals surface area contributed by atoms with Crippen molar-refractivity contribution in [1.82, 2.24) is 0 Å². The predicted octanol–water partition coefficient (Wildman–Crippen LogP) is 6.32. The number of hydrogen-bond donors (Lipinski definition) is 0. The highest BCUT2D eigenvalue weighted by atomic mass is 19.1. The lowest BCUT2D eigenvalue weighted by Gasteiger charge is -2.11. The van der Waals surface area contributed by atoms with Gasteiger partial charge in [0.1, 0.15) is 24.0 Å². The molecule has 2 aromatic heterocycles. The number of nitrogens with zero attached hydrogens (tertiary/aromatic N) is 1. The Labute approximate surface area is 160 Å². The number of furan rings is 1.